The minimum Gasteiger partial charge on any atom is -0.264 e. The zero-order valence-corrected chi connectivity index (χ0v) is 18.2. The van der Waals surface area contributed by atoms with Crippen molar-refractivity contribution in [2.45, 2.75) is 45.4 Å². The van der Waals surface area contributed by atoms with Crippen LogP contribution in [0.4, 0.5) is 0 Å². The van der Waals surface area contributed by atoms with Crippen LogP contribution >= 0.6 is 0 Å². The summed E-state index contributed by atoms with van der Waals surface area (Å²) in [4.78, 5) is 4.28. The van der Waals surface area contributed by atoms with E-state index in [0.717, 1.165) is 11.5 Å². The second-order valence-corrected chi connectivity index (χ2v) is 8.81. The van der Waals surface area contributed by atoms with Gasteiger partial charge in [0, 0.05) is 24.0 Å². The first-order valence-electron chi connectivity index (χ1n) is 11.1. The van der Waals surface area contributed by atoms with E-state index >= 15 is 0 Å². The van der Waals surface area contributed by atoms with Gasteiger partial charge < -0.3 is 0 Å². The van der Waals surface area contributed by atoms with Crippen LogP contribution in [0, 0.1) is 13.8 Å². The molecular weight excluding hydrogens is 364 g/mol. The van der Waals surface area contributed by atoms with Crippen LogP contribution in [0.2, 0.25) is 0 Å². The van der Waals surface area contributed by atoms with Crippen molar-refractivity contribution in [2.75, 3.05) is 0 Å². The molecule has 0 amide bonds. The molecule has 0 bridgehead atoms. The van der Waals surface area contributed by atoms with Crippen LogP contribution < -0.4 is 4.57 Å². The van der Waals surface area contributed by atoms with Crippen molar-refractivity contribution >= 4 is 10.8 Å². The maximum Gasteiger partial charge on any atom is 0.220 e. The number of hydrogen-bond donors (Lipinski definition) is 0. The van der Waals surface area contributed by atoms with Crippen molar-refractivity contribution in [2.24, 2.45) is 7.05 Å². The number of rotatable bonds is 3. The van der Waals surface area contributed by atoms with Gasteiger partial charge in [0.05, 0.1) is 10.9 Å². The summed E-state index contributed by atoms with van der Waals surface area (Å²) in [5, 5.41) is 2.58. The first kappa shape index (κ1) is 19.0. The summed E-state index contributed by atoms with van der Waals surface area (Å²) in [6, 6.07) is 18.0. The Labute approximate surface area is 179 Å². The first-order valence-corrected chi connectivity index (χ1v) is 11.1. The summed E-state index contributed by atoms with van der Waals surface area (Å²) in [6.07, 6.45) is 11.4. The van der Waals surface area contributed by atoms with Crippen molar-refractivity contribution in [3.05, 3.63) is 83.8 Å². The lowest BCUT2D eigenvalue weighted by molar-refractivity contribution is -0.659. The number of nitrogens with zero attached hydrogens (tertiary/aromatic N) is 2. The van der Waals surface area contributed by atoms with E-state index in [1.54, 1.807) is 0 Å². The molecule has 5 rings (SSSR count). The number of aryl methyl sites for hydroxylation is 2. The lowest BCUT2D eigenvalue weighted by Crippen LogP contribution is -2.30. The van der Waals surface area contributed by atoms with Gasteiger partial charge in [-0.2, -0.15) is 0 Å². The second-order valence-electron chi connectivity index (χ2n) is 8.81. The Bertz CT molecular complexity index is 1220. The molecule has 0 aliphatic heterocycles. The molecule has 2 nitrogen and oxygen atoms in total. The van der Waals surface area contributed by atoms with E-state index < -0.39 is 0 Å². The van der Waals surface area contributed by atoms with Crippen LogP contribution in [0.5, 0.6) is 0 Å². The third-order valence-electron chi connectivity index (χ3n) is 6.90. The normalized spacial score (nSPS) is 14.5. The number of pyridine rings is 2. The topological polar surface area (TPSA) is 16.8 Å². The van der Waals surface area contributed by atoms with Crippen molar-refractivity contribution < 1.29 is 4.57 Å². The molecule has 1 saturated carbocycles. The van der Waals surface area contributed by atoms with E-state index in [1.807, 2.05) is 18.5 Å². The third kappa shape index (κ3) is 3.31. The highest BCUT2D eigenvalue weighted by Crippen LogP contribution is 2.38. The van der Waals surface area contributed by atoms with Crippen LogP contribution in [0.1, 0.15) is 48.3 Å². The lowest BCUT2D eigenvalue weighted by atomic mass is 9.88. The van der Waals surface area contributed by atoms with Gasteiger partial charge in [0.15, 0.2) is 6.20 Å². The van der Waals surface area contributed by atoms with Gasteiger partial charge >= 0.3 is 0 Å². The van der Waals surface area contributed by atoms with Crippen molar-refractivity contribution in [3.8, 4) is 22.4 Å². The van der Waals surface area contributed by atoms with Gasteiger partial charge in [-0.1, -0.05) is 31.0 Å². The average molecular weight is 394 g/mol. The Kier molecular flexibility index (Phi) is 4.86. The summed E-state index contributed by atoms with van der Waals surface area (Å²) in [6.45, 7) is 4.54. The van der Waals surface area contributed by atoms with E-state index in [-0.39, 0.29) is 0 Å². The second kappa shape index (κ2) is 7.68. The fourth-order valence-corrected chi connectivity index (χ4v) is 5.05. The summed E-state index contributed by atoms with van der Waals surface area (Å²) >= 11 is 0. The molecule has 0 unspecified atom stereocenters. The summed E-state index contributed by atoms with van der Waals surface area (Å²) in [5.41, 5.74) is 9.36. The highest BCUT2D eigenvalue weighted by molar-refractivity contribution is 5.96. The highest BCUT2D eigenvalue weighted by atomic mass is 14.9. The van der Waals surface area contributed by atoms with Crippen LogP contribution in [0.25, 0.3) is 33.2 Å². The van der Waals surface area contributed by atoms with Crippen molar-refractivity contribution in [1.82, 2.24) is 4.98 Å². The quantitative estimate of drug-likeness (QED) is 0.355. The van der Waals surface area contributed by atoms with Crippen LogP contribution in [0.15, 0.2) is 67.1 Å². The minimum absolute atomic E-state index is 0.723. The van der Waals surface area contributed by atoms with E-state index in [2.05, 4.69) is 79.1 Å². The molecule has 0 atom stereocenters. The zero-order valence-electron chi connectivity index (χ0n) is 18.2. The number of aromatic nitrogens is 2. The van der Waals surface area contributed by atoms with E-state index in [4.69, 9.17) is 0 Å². The van der Waals surface area contributed by atoms with Crippen molar-refractivity contribution in [1.29, 1.82) is 0 Å². The number of fused-ring (bicyclic) bond motifs is 1. The van der Waals surface area contributed by atoms with Gasteiger partial charge in [-0.15, -0.1) is 0 Å². The molecule has 30 heavy (non-hydrogen) atoms. The molecule has 2 heteroatoms. The molecule has 0 N–H and O–H groups in total. The summed E-state index contributed by atoms with van der Waals surface area (Å²) in [5.74, 6) is 0.723. The van der Waals surface area contributed by atoms with Crippen LogP contribution in [0.3, 0.4) is 0 Å². The SMILES string of the molecule is Cc1cc(C2CCCC2)cc(-c2c3ccc(-c4cccnc4)cc3cc[n+]2C)c1C. The fourth-order valence-electron chi connectivity index (χ4n) is 5.05. The van der Waals surface area contributed by atoms with Gasteiger partial charge in [0.1, 0.15) is 7.05 Å². The third-order valence-corrected chi connectivity index (χ3v) is 6.90. The molecule has 150 valence electrons. The molecule has 0 radical (unpaired) electrons. The molecular formula is C28H29N2+. The molecule has 0 saturated heterocycles. The molecule has 1 fully saturated rings. The lowest BCUT2D eigenvalue weighted by Gasteiger charge is -2.16. The van der Waals surface area contributed by atoms with Gasteiger partial charge in [-0.25, -0.2) is 4.57 Å². The smallest absolute Gasteiger partial charge is 0.220 e. The Morgan fingerprint density at radius 1 is 0.933 bits per heavy atom. The maximum absolute atomic E-state index is 4.28. The fraction of sp³-hybridized carbons (Fsp3) is 0.286. The predicted molar refractivity (Wildman–Crippen MR) is 124 cm³/mol. The zero-order chi connectivity index (χ0) is 20.7. The van der Waals surface area contributed by atoms with Gasteiger partial charge in [0.25, 0.3) is 0 Å². The van der Waals surface area contributed by atoms with E-state index in [0.29, 0.717) is 0 Å². The molecule has 1 aliphatic rings. The van der Waals surface area contributed by atoms with Crippen LogP contribution in [-0.4, -0.2) is 4.98 Å². The molecule has 2 heterocycles. The van der Waals surface area contributed by atoms with Gasteiger partial charge in [-0.3, -0.25) is 4.98 Å². The number of hydrogen-bond acceptors (Lipinski definition) is 1. The molecule has 4 aromatic rings. The monoisotopic (exact) mass is 393 g/mol. The summed E-state index contributed by atoms with van der Waals surface area (Å²) in [7, 11) is 2.17. The largest absolute Gasteiger partial charge is 0.264 e. The maximum atomic E-state index is 4.28. The van der Waals surface area contributed by atoms with Crippen molar-refractivity contribution in [3.63, 3.8) is 0 Å². The first-order chi connectivity index (χ1) is 14.6. The van der Waals surface area contributed by atoms with Gasteiger partial charge in [0.2, 0.25) is 5.69 Å². The Balaban J connectivity index is 1.70. The minimum atomic E-state index is 0.723. The molecule has 2 aromatic carbocycles. The number of benzene rings is 2. The van der Waals surface area contributed by atoms with E-state index in [1.165, 1.54) is 70.0 Å². The average Bonchev–Trinajstić information content (AvgIpc) is 3.31. The Morgan fingerprint density at radius 2 is 1.77 bits per heavy atom. The highest BCUT2D eigenvalue weighted by Gasteiger charge is 2.23. The Morgan fingerprint density at radius 3 is 2.53 bits per heavy atom. The van der Waals surface area contributed by atoms with E-state index in [9.17, 15) is 0 Å². The Hall–Kier alpha value is -3.00. The molecule has 0 spiro atoms. The molecule has 2 aromatic heterocycles. The van der Waals surface area contributed by atoms with Gasteiger partial charge in [-0.05, 0) is 84.5 Å². The standard InChI is InChI=1S/C28H29N2/c1-19-15-25(21-7-4-5-8-21)17-27(20(19)2)28-26-11-10-22(24-9-6-13-29-18-24)16-23(26)12-14-30(28)3/h6,9-18,21H,4-5,7-8H2,1-3H3/q+1. The summed E-state index contributed by atoms with van der Waals surface area (Å²) < 4.78 is 2.28. The molecule has 1 aliphatic carbocycles. The predicted octanol–water partition coefficient (Wildman–Crippen LogP) is 6.67. The van der Waals surface area contributed by atoms with Crippen LogP contribution in [-0.2, 0) is 7.05 Å².